The Morgan fingerprint density at radius 1 is 1.10 bits per heavy atom. The van der Waals surface area contributed by atoms with Crippen LogP contribution < -0.4 is 0 Å². The smallest absolute Gasteiger partial charge is 0.0128 e. The van der Waals surface area contributed by atoms with Crippen LogP contribution in [0.4, 0.5) is 0 Å². The number of benzene rings is 1. The zero-order valence-corrected chi connectivity index (χ0v) is 7.67. The zero-order valence-electron chi connectivity index (χ0n) is 6.52. The number of hydrogen-bond acceptors (Lipinski definition) is 0. The molecule has 0 aliphatic heterocycles. The van der Waals surface area contributed by atoms with Crippen LogP contribution in [0.3, 0.4) is 0 Å². The number of rotatable bonds is 1. The van der Waals surface area contributed by atoms with Crippen molar-refractivity contribution < 1.29 is 0 Å². The summed E-state index contributed by atoms with van der Waals surface area (Å²) in [5.74, 6) is 0. The molecule has 54 valence electrons. The van der Waals surface area contributed by atoms with Crippen molar-refractivity contribution in [3.8, 4) is 0 Å². The molecule has 0 radical (unpaired) electrons. The van der Waals surface area contributed by atoms with Gasteiger partial charge in [0.2, 0.25) is 0 Å². The zero-order chi connectivity index (χ0) is 7.56. The van der Waals surface area contributed by atoms with Gasteiger partial charge in [0.15, 0.2) is 0 Å². The first-order chi connectivity index (χ1) is 4.72. The molecule has 1 atom stereocenters. The maximum absolute atomic E-state index is 2.74. The quantitative estimate of drug-likeness (QED) is 0.543. The first-order valence-corrected chi connectivity index (χ1v) is 4.31. The molecule has 0 nitrogen and oxygen atoms in total. The molecular formula is C9H13P. The third-order valence-electron chi connectivity index (χ3n) is 1.52. The van der Waals surface area contributed by atoms with Gasteiger partial charge in [0, 0.05) is 0 Å². The highest BCUT2D eigenvalue weighted by Gasteiger charge is 1.91. The first-order valence-electron chi connectivity index (χ1n) is 3.49. The molecule has 0 saturated heterocycles. The van der Waals surface area contributed by atoms with Gasteiger partial charge in [-0.15, -0.1) is 9.24 Å². The van der Waals surface area contributed by atoms with Crippen LogP contribution in [0.15, 0.2) is 18.2 Å². The van der Waals surface area contributed by atoms with E-state index in [0.29, 0.717) is 0 Å². The Bertz CT molecular complexity index is 208. The van der Waals surface area contributed by atoms with E-state index in [1.807, 2.05) is 0 Å². The Morgan fingerprint density at radius 3 is 2.00 bits per heavy atom. The van der Waals surface area contributed by atoms with Crippen molar-refractivity contribution in [1.82, 2.24) is 0 Å². The molecule has 0 bridgehead atoms. The monoisotopic (exact) mass is 152 g/mol. The molecule has 0 fully saturated rings. The Hall–Kier alpha value is -0.350. The van der Waals surface area contributed by atoms with Gasteiger partial charge in [0.05, 0.1) is 0 Å². The standard InChI is InChI=1S/C9H13P/c1-7-3-8(2)5-9(4-7)6-10/h3-5H,6,10H2,1-2H3. The lowest BCUT2D eigenvalue weighted by molar-refractivity contribution is 1.30. The normalized spacial score (nSPS) is 9.90. The summed E-state index contributed by atoms with van der Waals surface area (Å²) < 4.78 is 0. The van der Waals surface area contributed by atoms with E-state index in [9.17, 15) is 0 Å². The molecule has 0 spiro atoms. The Kier molecular flexibility index (Phi) is 2.45. The molecule has 1 rings (SSSR count). The molecule has 1 unspecified atom stereocenters. The van der Waals surface area contributed by atoms with Crippen LogP contribution in [0.2, 0.25) is 0 Å². The fourth-order valence-corrected chi connectivity index (χ4v) is 1.42. The van der Waals surface area contributed by atoms with E-state index >= 15 is 0 Å². The Balaban J connectivity index is 3.06. The summed E-state index contributed by atoms with van der Waals surface area (Å²) in [7, 11) is 2.74. The summed E-state index contributed by atoms with van der Waals surface area (Å²) in [6.07, 6.45) is 1.06. The summed E-state index contributed by atoms with van der Waals surface area (Å²) in [6.45, 7) is 4.27. The molecule has 0 N–H and O–H groups in total. The molecule has 0 heterocycles. The van der Waals surface area contributed by atoms with E-state index in [2.05, 4.69) is 41.3 Å². The van der Waals surface area contributed by atoms with Crippen molar-refractivity contribution in [3.63, 3.8) is 0 Å². The fourth-order valence-electron chi connectivity index (χ4n) is 1.19. The second kappa shape index (κ2) is 3.16. The number of hydrogen-bond donors (Lipinski definition) is 0. The molecule has 0 amide bonds. The van der Waals surface area contributed by atoms with Gasteiger partial charge < -0.3 is 0 Å². The summed E-state index contributed by atoms with van der Waals surface area (Å²) in [5, 5.41) is 0. The van der Waals surface area contributed by atoms with Gasteiger partial charge >= 0.3 is 0 Å². The van der Waals surface area contributed by atoms with Crippen molar-refractivity contribution in [1.29, 1.82) is 0 Å². The summed E-state index contributed by atoms with van der Waals surface area (Å²) >= 11 is 0. The van der Waals surface area contributed by atoms with Gasteiger partial charge in [-0.2, -0.15) is 0 Å². The third-order valence-corrected chi connectivity index (χ3v) is 1.99. The summed E-state index contributed by atoms with van der Waals surface area (Å²) in [4.78, 5) is 0. The van der Waals surface area contributed by atoms with Crippen LogP contribution >= 0.6 is 9.24 Å². The molecule has 10 heavy (non-hydrogen) atoms. The topological polar surface area (TPSA) is 0 Å². The SMILES string of the molecule is Cc1cc(C)cc(CP)c1. The van der Waals surface area contributed by atoms with Crippen LogP contribution in [0.25, 0.3) is 0 Å². The molecule has 1 aromatic rings. The van der Waals surface area contributed by atoms with Crippen molar-refractivity contribution in [2.45, 2.75) is 20.0 Å². The summed E-state index contributed by atoms with van der Waals surface area (Å²) in [5.41, 5.74) is 4.12. The van der Waals surface area contributed by atoms with Crippen LogP contribution in [-0.4, -0.2) is 0 Å². The highest BCUT2D eigenvalue weighted by molar-refractivity contribution is 7.15. The summed E-state index contributed by atoms with van der Waals surface area (Å²) in [6, 6.07) is 6.64. The van der Waals surface area contributed by atoms with Gasteiger partial charge in [-0.25, -0.2) is 0 Å². The molecule has 0 aliphatic carbocycles. The van der Waals surface area contributed by atoms with E-state index in [1.165, 1.54) is 16.7 Å². The van der Waals surface area contributed by atoms with Gasteiger partial charge in [-0.3, -0.25) is 0 Å². The molecule has 1 heteroatoms. The predicted octanol–water partition coefficient (Wildman–Crippen LogP) is 2.68. The van der Waals surface area contributed by atoms with Crippen LogP contribution in [0, 0.1) is 13.8 Å². The third kappa shape index (κ3) is 1.82. The second-order valence-corrected chi connectivity index (χ2v) is 3.11. The minimum atomic E-state index is 1.06. The largest absolute Gasteiger partial charge is 0.133 e. The van der Waals surface area contributed by atoms with Gasteiger partial charge in [-0.05, 0) is 25.6 Å². The average molecular weight is 152 g/mol. The second-order valence-electron chi connectivity index (χ2n) is 2.70. The minimum absolute atomic E-state index is 1.06. The molecule has 0 aromatic heterocycles. The van der Waals surface area contributed by atoms with Gasteiger partial charge in [0.1, 0.15) is 0 Å². The fraction of sp³-hybridized carbons (Fsp3) is 0.333. The maximum atomic E-state index is 2.74. The molecule has 0 saturated carbocycles. The van der Waals surface area contributed by atoms with Crippen molar-refractivity contribution >= 4 is 9.24 Å². The van der Waals surface area contributed by atoms with Crippen molar-refractivity contribution in [3.05, 3.63) is 34.9 Å². The van der Waals surface area contributed by atoms with Crippen molar-refractivity contribution in [2.75, 3.05) is 0 Å². The Morgan fingerprint density at radius 2 is 1.60 bits per heavy atom. The van der Waals surface area contributed by atoms with Crippen LogP contribution in [0.5, 0.6) is 0 Å². The van der Waals surface area contributed by atoms with E-state index in [4.69, 9.17) is 0 Å². The van der Waals surface area contributed by atoms with Gasteiger partial charge in [-0.1, -0.05) is 29.3 Å². The number of aryl methyl sites for hydroxylation is 2. The minimum Gasteiger partial charge on any atom is -0.133 e. The highest BCUT2D eigenvalue weighted by Crippen LogP contribution is 2.11. The van der Waals surface area contributed by atoms with Crippen LogP contribution in [-0.2, 0) is 6.16 Å². The lowest BCUT2D eigenvalue weighted by Gasteiger charge is -2.00. The van der Waals surface area contributed by atoms with Crippen LogP contribution in [0.1, 0.15) is 16.7 Å². The van der Waals surface area contributed by atoms with E-state index in [1.54, 1.807) is 0 Å². The van der Waals surface area contributed by atoms with E-state index in [0.717, 1.165) is 6.16 Å². The molecular weight excluding hydrogens is 139 g/mol. The molecule has 0 aliphatic rings. The average Bonchev–Trinajstić information content (AvgIpc) is 1.85. The van der Waals surface area contributed by atoms with E-state index < -0.39 is 0 Å². The maximum Gasteiger partial charge on any atom is -0.0128 e. The molecule has 1 aromatic carbocycles. The van der Waals surface area contributed by atoms with Gasteiger partial charge in [0.25, 0.3) is 0 Å². The lowest BCUT2D eigenvalue weighted by Crippen LogP contribution is -1.81. The lowest BCUT2D eigenvalue weighted by atomic mass is 10.1. The highest BCUT2D eigenvalue weighted by atomic mass is 31.0. The predicted molar refractivity (Wildman–Crippen MR) is 49.3 cm³/mol. The first kappa shape index (κ1) is 7.75. The van der Waals surface area contributed by atoms with E-state index in [-0.39, 0.29) is 0 Å². The Labute approximate surface area is 64.9 Å². The van der Waals surface area contributed by atoms with Crippen molar-refractivity contribution in [2.24, 2.45) is 0 Å².